The van der Waals surface area contributed by atoms with Gasteiger partial charge in [-0.2, -0.15) is 5.10 Å². The lowest BCUT2D eigenvalue weighted by Gasteiger charge is -2.07. The van der Waals surface area contributed by atoms with Crippen LogP contribution in [0.5, 0.6) is 0 Å². The number of hydrogen-bond donors (Lipinski definition) is 2. The SMILES string of the molecule is CCc1nn(CC(=O)Nc2ncco2)c(=O)c2sc(NC)cc12. The van der Waals surface area contributed by atoms with Crippen molar-refractivity contribution >= 4 is 38.3 Å². The van der Waals surface area contributed by atoms with Crippen LogP contribution in [-0.2, 0) is 17.8 Å². The zero-order valence-electron chi connectivity index (χ0n) is 12.6. The first-order chi connectivity index (χ1) is 11.1. The first-order valence-corrected chi connectivity index (χ1v) is 7.84. The lowest BCUT2D eigenvalue weighted by atomic mass is 10.2. The Kier molecular flexibility index (Phi) is 4.11. The van der Waals surface area contributed by atoms with E-state index in [0.717, 1.165) is 16.1 Å². The predicted octanol–water partition coefficient (Wildman–Crippen LogP) is 1.69. The molecule has 0 aliphatic carbocycles. The Bertz CT molecular complexity index is 897. The summed E-state index contributed by atoms with van der Waals surface area (Å²) in [7, 11) is 1.80. The van der Waals surface area contributed by atoms with Crippen molar-refractivity contribution < 1.29 is 9.21 Å². The molecule has 0 fully saturated rings. The topological polar surface area (TPSA) is 102 Å². The van der Waals surface area contributed by atoms with E-state index in [9.17, 15) is 9.59 Å². The zero-order chi connectivity index (χ0) is 16.4. The molecule has 0 aliphatic rings. The molecular weight excluding hydrogens is 318 g/mol. The van der Waals surface area contributed by atoms with Gasteiger partial charge in [-0.15, -0.1) is 11.3 Å². The number of thiophene rings is 1. The van der Waals surface area contributed by atoms with Crippen molar-refractivity contribution in [3.63, 3.8) is 0 Å². The molecule has 3 heterocycles. The van der Waals surface area contributed by atoms with Gasteiger partial charge in [-0.05, 0) is 12.5 Å². The molecule has 0 saturated carbocycles. The number of aryl methyl sites for hydroxylation is 1. The lowest BCUT2D eigenvalue weighted by Crippen LogP contribution is -2.30. The van der Waals surface area contributed by atoms with Crippen LogP contribution in [0.4, 0.5) is 11.0 Å². The van der Waals surface area contributed by atoms with E-state index in [1.165, 1.54) is 28.5 Å². The summed E-state index contributed by atoms with van der Waals surface area (Å²) in [6.07, 6.45) is 3.44. The Morgan fingerprint density at radius 3 is 2.96 bits per heavy atom. The van der Waals surface area contributed by atoms with E-state index in [-0.39, 0.29) is 18.1 Å². The molecule has 0 aromatic carbocycles. The molecule has 3 rings (SSSR count). The second-order valence-corrected chi connectivity index (χ2v) is 5.80. The molecule has 23 heavy (non-hydrogen) atoms. The predicted molar refractivity (Wildman–Crippen MR) is 87.9 cm³/mol. The van der Waals surface area contributed by atoms with E-state index >= 15 is 0 Å². The fourth-order valence-corrected chi connectivity index (χ4v) is 3.18. The second-order valence-electron chi connectivity index (χ2n) is 4.75. The van der Waals surface area contributed by atoms with Gasteiger partial charge in [0.15, 0.2) is 0 Å². The Morgan fingerprint density at radius 2 is 2.30 bits per heavy atom. The highest BCUT2D eigenvalue weighted by Crippen LogP contribution is 2.28. The van der Waals surface area contributed by atoms with Gasteiger partial charge < -0.3 is 9.73 Å². The number of rotatable bonds is 5. The number of anilines is 2. The molecule has 0 spiro atoms. The molecule has 0 bridgehead atoms. The standard InChI is InChI=1S/C14H15N5O3S/c1-3-9-8-6-11(15-2)23-12(8)13(21)19(18-9)7-10(20)17-14-16-4-5-22-14/h4-6,15H,3,7H2,1-2H3,(H,16,17,20). The molecule has 0 unspecified atom stereocenters. The third-order valence-electron chi connectivity index (χ3n) is 3.27. The highest BCUT2D eigenvalue weighted by molar-refractivity contribution is 7.22. The maximum Gasteiger partial charge on any atom is 0.301 e. The molecule has 3 aromatic heterocycles. The van der Waals surface area contributed by atoms with Crippen LogP contribution in [0.3, 0.4) is 0 Å². The summed E-state index contributed by atoms with van der Waals surface area (Å²) in [6, 6.07) is 2.00. The first-order valence-electron chi connectivity index (χ1n) is 7.03. The number of nitrogens with one attached hydrogen (secondary N) is 2. The minimum Gasteiger partial charge on any atom is -0.432 e. The van der Waals surface area contributed by atoms with E-state index in [1.807, 2.05) is 13.0 Å². The molecule has 1 amide bonds. The van der Waals surface area contributed by atoms with Crippen molar-refractivity contribution in [3.05, 3.63) is 34.6 Å². The summed E-state index contributed by atoms with van der Waals surface area (Å²) in [4.78, 5) is 28.3. The van der Waals surface area contributed by atoms with Crippen LogP contribution in [0.25, 0.3) is 10.1 Å². The maximum absolute atomic E-state index is 12.5. The molecule has 3 aromatic rings. The summed E-state index contributed by atoms with van der Waals surface area (Å²) in [5, 5.41) is 11.5. The smallest absolute Gasteiger partial charge is 0.301 e. The summed E-state index contributed by atoms with van der Waals surface area (Å²) in [6.45, 7) is 1.76. The molecular formula is C14H15N5O3S. The number of oxazole rings is 1. The van der Waals surface area contributed by atoms with Gasteiger partial charge in [-0.25, -0.2) is 9.67 Å². The fourth-order valence-electron chi connectivity index (χ4n) is 2.20. The highest BCUT2D eigenvalue weighted by Gasteiger charge is 2.15. The van der Waals surface area contributed by atoms with E-state index < -0.39 is 5.91 Å². The molecule has 0 aliphatic heterocycles. The quantitative estimate of drug-likeness (QED) is 0.736. The van der Waals surface area contributed by atoms with Crippen LogP contribution in [-0.4, -0.2) is 27.7 Å². The first kappa shape index (κ1) is 15.2. The molecule has 9 heteroatoms. The Morgan fingerprint density at radius 1 is 1.48 bits per heavy atom. The van der Waals surface area contributed by atoms with E-state index in [1.54, 1.807) is 7.05 Å². The normalized spacial score (nSPS) is 10.9. The van der Waals surface area contributed by atoms with Gasteiger partial charge in [0.05, 0.1) is 16.9 Å². The van der Waals surface area contributed by atoms with Crippen molar-refractivity contribution in [2.45, 2.75) is 19.9 Å². The zero-order valence-corrected chi connectivity index (χ0v) is 13.4. The Hall–Kier alpha value is -2.68. The van der Waals surface area contributed by atoms with Gasteiger partial charge in [0, 0.05) is 12.4 Å². The van der Waals surface area contributed by atoms with Crippen LogP contribution in [0.2, 0.25) is 0 Å². The average molecular weight is 333 g/mol. The number of carbonyl (C=O) groups excluding carboxylic acids is 1. The molecule has 120 valence electrons. The summed E-state index contributed by atoms with van der Waals surface area (Å²) >= 11 is 1.35. The number of amides is 1. The van der Waals surface area contributed by atoms with Crippen molar-refractivity contribution in [1.29, 1.82) is 0 Å². The van der Waals surface area contributed by atoms with Gasteiger partial charge in [0.1, 0.15) is 17.5 Å². The van der Waals surface area contributed by atoms with E-state index in [0.29, 0.717) is 11.1 Å². The maximum atomic E-state index is 12.5. The number of fused-ring (bicyclic) bond motifs is 1. The van der Waals surface area contributed by atoms with Crippen molar-refractivity contribution in [1.82, 2.24) is 14.8 Å². The van der Waals surface area contributed by atoms with Crippen LogP contribution in [0, 0.1) is 0 Å². The minimum absolute atomic E-state index is 0.0911. The Balaban J connectivity index is 1.95. The van der Waals surface area contributed by atoms with Crippen LogP contribution >= 0.6 is 11.3 Å². The highest BCUT2D eigenvalue weighted by atomic mass is 32.1. The van der Waals surface area contributed by atoms with Gasteiger partial charge >= 0.3 is 6.01 Å². The van der Waals surface area contributed by atoms with Gasteiger partial charge in [0.2, 0.25) is 5.91 Å². The number of hydrogen-bond acceptors (Lipinski definition) is 7. The largest absolute Gasteiger partial charge is 0.432 e. The fraction of sp³-hybridized carbons (Fsp3) is 0.286. The monoisotopic (exact) mass is 333 g/mol. The molecule has 0 saturated heterocycles. The number of aromatic nitrogens is 3. The molecule has 2 N–H and O–H groups in total. The van der Waals surface area contributed by atoms with E-state index in [2.05, 4.69) is 20.7 Å². The number of carbonyl (C=O) groups is 1. The van der Waals surface area contributed by atoms with Crippen LogP contribution in [0.1, 0.15) is 12.6 Å². The summed E-state index contributed by atoms with van der Waals surface area (Å²) in [5.41, 5.74) is 0.493. The van der Waals surface area contributed by atoms with Crippen molar-refractivity contribution in [2.75, 3.05) is 17.7 Å². The lowest BCUT2D eigenvalue weighted by molar-refractivity contribution is -0.117. The Labute approximate surface area is 135 Å². The molecule has 0 radical (unpaired) electrons. The van der Waals surface area contributed by atoms with Crippen molar-refractivity contribution in [2.24, 2.45) is 0 Å². The summed E-state index contributed by atoms with van der Waals surface area (Å²) < 4.78 is 6.71. The van der Waals surface area contributed by atoms with Gasteiger partial charge in [0.25, 0.3) is 5.56 Å². The van der Waals surface area contributed by atoms with E-state index in [4.69, 9.17) is 4.42 Å². The van der Waals surface area contributed by atoms with Crippen LogP contribution < -0.4 is 16.2 Å². The third-order valence-corrected chi connectivity index (χ3v) is 4.41. The van der Waals surface area contributed by atoms with Gasteiger partial charge in [-0.1, -0.05) is 6.92 Å². The number of nitrogens with zero attached hydrogens (tertiary/aromatic N) is 3. The molecule has 0 atom stereocenters. The summed E-state index contributed by atoms with van der Waals surface area (Å²) in [5.74, 6) is -0.422. The minimum atomic E-state index is -0.422. The van der Waals surface area contributed by atoms with Crippen LogP contribution in [0.15, 0.2) is 27.7 Å². The van der Waals surface area contributed by atoms with Crippen molar-refractivity contribution in [3.8, 4) is 0 Å². The second kappa shape index (κ2) is 6.21. The third kappa shape index (κ3) is 2.95. The molecule has 8 nitrogen and oxygen atoms in total. The average Bonchev–Trinajstić information content (AvgIpc) is 3.19. The van der Waals surface area contributed by atoms with Gasteiger partial charge in [-0.3, -0.25) is 14.9 Å².